The summed E-state index contributed by atoms with van der Waals surface area (Å²) in [6.07, 6.45) is -0.391. The van der Waals surface area contributed by atoms with Crippen molar-refractivity contribution in [1.82, 2.24) is 9.80 Å². The van der Waals surface area contributed by atoms with E-state index in [-0.39, 0.29) is 28.1 Å². The predicted octanol–water partition coefficient (Wildman–Crippen LogP) is 2.93. The monoisotopic (exact) mass is 484 g/mol. The first-order valence-corrected chi connectivity index (χ1v) is 11.5. The molecule has 1 aliphatic heterocycles. The molecule has 0 atom stereocenters. The van der Waals surface area contributed by atoms with Crippen LogP contribution in [0.4, 0.5) is 4.79 Å². The van der Waals surface area contributed by atoms with E-state index >= 15 is 0 Å². The zero-order chi connectivity index (χ0) is 21.0. The van der Waals surface area contributed by atoms with E-state index in [4.69, 9.17) is 9.15 Å². The quantitative estimate of drug-likeness (QED) is 0.646. The van der Waals surface area contributed by atoms with Gasteiger partial charge in [0, 0.05) is 30.7 Å². The molecule has 156 valence electrons. The van der Waals surface area contributed by atoms with E-state index in [1.165, 1.54) is 24.3 Å². The van der Waals surface area contributed by atoms with Crippen LogP contribution >= 0.6 is 15.9 Å². The zero-order valence-electron chi connectivity index (χ0n) is 15.8. The number of carbonyl (C=O) groups is 2. The number of amides is 2. The van der Waals surface area contributed by atoms with Crippen LogP contribution in [0.25, 0.3) is 0 Å². The number of hydrogen-bond donors (Lipinski definition) is 0. The number of nitrogens with zero attached hydrogens (tertiary/aromatic N) is 2. The maximum absolute atomic E-state index is 12.6. The summed E-state index contributed by atoms with van der Waals surface area (Å²) in [6, 6.07) is 9.31. The van der Waals surface area contributed by atoms with Gasteiger partial charge in [0.15, 0.2) is 15.6 Å². The molecule has 8 nitrogen and oxygen atoms in total. The van der Waals surface area contributed by atoms with Crippen LogP contribution < -0.4 is 0 Å². The molecule has 0 saturated carbocycles. The van der Waals surface area contributed by atoms with Crippen molar-refractivity contribution in [1.29, 1.82) is 0 Å². The van der Waals surface area contributed by atoms with Gasteiger partial charge in [-0.25, -0.2) is 13.2 Å². The number of halogens is 1. The molecule has 0 aliphatic carbocycles. The van der Waals surface area contributed by atoms with Gasteiger partial charge in [-0.1, -0.05) is 15.9 Å². The maximum Gasteiger partial charge on any atom is 0.409 e. The van der Waals surface area contributed by atoms with Gasteiger partial charge in [0.05, 0.1) is 11.5 Å². The number of benzene rings is 1. The minimum Gasteiger partial charge on any atom is -0.455 e. The van der Waals surface area contributed by atoms with Crippen LogP contribution in [-0.4, -0.2) is 63.0 Å². The Kier molecular flexibility index (Phi) is 6.63. The van der Waals surface area contributed by atoms with Crippen LogP contribution in [0.5, 0.6) is 0 Å². The first-order chi connectivity index (χ1) is 13.8. The van der Waals surface area contributed by atoms with Gasteiger partial charge in [-0.3, -0.25) is 4.79 Å². The van der Waals surface area contributed by atoms with Crippen LogP contribution in [0.2, 0.25) is 0 Å². The second-order valence-corrected chi connectivity index (χ2v) is 9.36. The third-order valence-electron chi connectivity index (χ3n) is 4.47. The van der Waals surface area contributed by atoms with E-state index in [1.807, 2.05) is 0 Å². The average molecular weight is 485 g/mol. The van der Waals surface area contributed by atoms with Crippen molar-refractivity contribution < 1.29 is 27.2 Å². The molecule has 0 radical (unpaired) electrons. The predicted molar refractivity (Wildman–Crippen MR) is 108 cm³/mol. The van der Waals surface area contributed by atoms with Gasteiger partial charge in [-0.2, -0.15) is 0 Å². The summed E-state index contributed by atoms with van der Waals surface area (Å²) in [5.41, 5.74) is 0. The molecule has 2 heterocycles. The average Bonchev–Trinajstić information content (AvgIpc) is 3.16. The summed E-state index contributed by atoms with van der Waals surface area (Å²) in [4.78, 5) is 27.7. The largest absolute Gasteiger partial charge is 0.455 e. The van der Waals surface area contributed by atoms with Crippen LogP contribution in [0, 0.1) is 0 Å². The number of piperazine rings is 1. The van der Waals surface area contributed by atoms with Gasteiger partial charge < -0.3 is 19.0 Å². The highest BCUT2D eigenvalue weighted by Gasteiger charge is 2.27. The molecule has 0 N–H and O–H groups in total. The second-order valence-electron chi connectivity index (χ2n) is 6.46. The standard InChI is InChI=1S/C19H21BrN2O6S/c1-2-27-19(24)22-11-9-21(10-12-22)18(23)17-8-5-15(28-17)13-29(25,26)16-6-3-14(20)4-7-16/h3-8H,2,9-13H2,1H3. The Morgan fingerprint density at radius 3 is 2.28 bits per heavy atom. The van der Waals surface area contributed by atoms with E-state index in [2.05, 4.69) is 15.9 Å². The van der Waals surface area contributed by atoms with Crippen LogP contribution in [0.3, 0.4) is 0 Å². The van der Waals surface area contributed by atoms with Crippen molar-refractivity contribution >= 4 is 37.8 Å². The third-order valence-corrected chi connectivity index (χ3v) is 6.65. The Morgan fingerprint density at radius 1 is 1.03 bits per heavy atom. The molecule has 1 aliphatic rings. The second kappa shape index (κ2) is 9.00. The molecule has 10 heteroatoms. The highest BCUT2D eigenvalue weighted by Crippen LogP contribution is 2.21. The lowest BCUT2D eigenvalue weighted by Gasteiger charge is -2.33. The van der Waals surface area contributed by atoms with Crippen molar-refractivity contribution in [2.75, 3.05) is 32.8 Å². The van der Waals surface area contributed by atoms with Crippen molar-refractivity contribution in [2.45, 2.75) is 17.6 Å². The molecular formula is C19H21BrN2O6S. The van der Waals surface area contributed by atoms with Crippen LogP contribution in [-0.2, 0) is 20.3 Å². The molecule has 2 amide bonds. The van der Waals surface area contributed by atoms with Crippen molar-refractivity contribution in [3.63, 3.8) is 0 Å². The molecule has 2 aromatic rings. The smallest absolute Gasteiger partial charge is 0.409 e. The highest BCUT2D eigenvalue weighted by atomic mass is 79.9. The Balaban J connectivity index is 1.62. The fraction of sp³-hybridized carbons (Fsp3) is 0.368. The summed E-state index contributed by atoms with van der Waals surface area (Å²) >= 11 is 3.27. The molecule has 29 heavy (non-hydrogen) atoms. The van der Waals surface area contributed by atoms with E-state index in [0.29, 0.717) is 32.8 Å². The minimum atomic E-state index is -3.59. The Labute approximate surface area is 177 Å². The number of furan rings is 1. The SMILES string of the molecule is CCOC(=O)N1CCN(C(=O)c2ccc(CS(=O)(=O)c3ccc(Br)cc3)o2)CC1. The summed E-state index contributed by atoms with van der Waals surface area (Å²) in [6.45, 7) is 3.49. The summed E-state index contributed by atoms with van der Waals surface area (Å²) in [7, 11) is -3.59. The highest BCUT2D eigenvalue weighted by molar-refractivity contribution is 9.10. The fourth-order valence-corrected chi connectivity index (χ4v) is 4.46. The summed E-state index contributed by atoms with van der Waals surface area (Å²) in [5.74, 6) is -0.392. The number of rotatable bonds is 5. The van der Waals surface area contributed by atoms with Gasteiger partial charge in [0.25, 0.3) is 5.91 Å². The topological polar surface area (TPSA) is 97.1 Å². The summed E-state index contributed by atoms with van der Waals surface area (Å²) < 4.78 is 36.3. The molecule has 1 aromatic carbocycles. The molecule has 1 fully saturated rings. The Hall–Kier alpha value is -2.33. The number of hydrogen-bond acceptors (Lipinski definition) is 6. The number of carbonyl (C=O) groups excluding carboxylic acids is 2. The van der Waals surface area contributed by atoms with E-state index in [9.17, 15) is 18.0 Å². The minimum absolute atomic E-state index is 0.0793. The first kappa shape index (κ1) is 21.4. The third kappa shape index (κ3) is 5.18. The molecular weight excluding hydrogens is 464 g/mol. The molecule has 0 unspecified atom stereocenters. The van der Waals surface area contributed by atoms with Crippen molar-refractivity contribution in [2.24, 2.45) is 0 Å². The van der Waals surface area contributed by atoms with Crippen molar-refractivity contribution in [3.05, 3.63) is 52.4 Å². The molecule has 0 bridgehead atoms. The van der Waals surface area contributed by atoms with E-state index < -0.39 is 15.9 Å². The van der Waals surface area contributed by atoms with Crippen LogP contribution in [0.15, 0.2) is 50.2 Å². The first-order valence-electron chi connectivity index (χ1n) is 9.08. The number of sulfone groups is 1. The van der Waals surface area contributed by atoms with E-state index in [1.54, 1.807) is 28.9 Å². The van der Waals surface area contributed by atoms with Crippen LogP contribution in [0.1, 0.15) is 23.2 Å². The molecule has 0 spiro atoms. The number of ether oxygens (including phenoxy) is 1. The normalized spacial score (nSPS) is 14.7. The van der Waals surface area contributed by atoms with Gasteiger partial charge in [-0.05, 0) is 43.3 Å². The van der Waals surface area contributed by atoms with Crippen molar-refractivity contribution in [3.8, 4) is 0 Å². The van der Waals surface area contributed by atoms with Gasteiger partial charge in [0.1, 0.15) is 11.5 Å². The zero-order valence-corrected chi connectivity index (χ0v) is 18.2. The van der Waals surface area contributed by atoms with E-state index in [0.717, 1.165) is 4.47 Å². The molecule has 1 aromatic heterocycles. The summed E-state index contributed by atoms with van der Waals surface area (Å²) in [5, 5.41) is 0. The van der Waals surface area contributed by atoms with Gasteiger partial charge >= 0.3 is 6.09 Å². The lowest BCUT2D eigenvalue weighted by molar-refractivity contribution is 0.0545. The Bertz CT molecular complexity index is 978. The maximum atomic E-state index is 12.6. The molecule has 3 rings (SSSR count). The lowest BCUT2D eigenvalue weighted by Crippen LogP contribution is -2.50. The Morgan fingerprint density at radius 2 is 1.66 bits per heavy atom. The molecule has 1 saturated heterocycles. The fourth-order valence-electron chi connectivity index (χ4n) is 2.95. The van der Waals surface area contributed by atoms with Gasteiger partial charge in [-0.15, -0.1) is 0 Å². The lowest BCUT2D eigenvalue weighted by atomic mass is 10.3. The van der Waals surface area contributed by atoms with Gasteiger partial charge in [0.2, 0.25) is 0 Å².